The molecule has 3 rings (SSSR count). The molecule has 0 aromatic heterocycles. The van der Waals surface area contributed by atoms with Crippen molar-refractivity contribution >= 4 is 10.8 Å². The molecule has 1 aliphatic carbocycles. The zero-order chi connectivity index (χ0) is 11.2. The molecule has 0 heterocycles. The fourth-order valence-electron chi connectivity index (χ4n) is 2.33. The van der Waals surface area contributed by atoms with Gasteiger partial charge in [-0.05, 0) is 41.3 Å². The summed E-state index contributed by atoms with van der Waals surface area (Å²) in [7, 11) is 0. The largest absolute Gasteiger partial charge is 0.508 e. The third kappa shape index (κ3) is 1.38. The van der Waals surface area contributed by atoms with Crippen molar-refractivity contribution in [1.29, 1.82) is 0 Å². The van der Waals surface area contributed by atoms with Gasteiger partial charge in [0.25, 0.3) is 0 Å². The Kier molecular flexibility index (Phi) is 1.95. The Labute approximate surface area is 94.7 Å². The Morgan fingerprint density at radius 3 is 2.50 bits per heavy atom. The van der Waals surface area contributed by atoms with Gasteiger partial charge in [-0.15, -0.1) is 0 Å². The Morgan fingerprint density at radius 1 is 1.06 bits per heavy atom. The summed E-state index contributed by atoms with van der Waals surface area (Å²) in [5.41, 5.74) is 7.36. The van der Waals surface area contributed by atoms with E-state index in [0.717, 1.165) is 17.3 Å². The molecule has 0 unspecified atom stereocenters. The Balaban J connectivity index is 2.15. The summed E-state index contributed by atoms with van der Waals surface area (Å²) in [5, 5.41) is 11.7. The van der Waals surface area contributed by atoms with Crippen LogP contribution in [-0.4, -0.2) is 11.7 Å². The van der Waals surface area contributed by atoms with Gasteiger partial charge in [0.05, 0.1) is 0 Å². The van der Waals surface area contributed by atoms with E-state index in [2.05, 4.69) is 18.2 Å². The van der Waals surface area contributed by atoms with E-state index in [1.807, 2.05) is 12.1 Å². The molecule has 0 spiro atoms. The molecule has 82 valence electrons. The highest BCUT2D eigenvalue weighted by Crippen LogP contribution is 2.47. The molecule has 3 N–H and O–H groups in total. The monoisotopic (exact) mass is 213 g/mol. The van der Waals surface area contributed by atoms with Crippen LogP contribution in [-0.2, 0) is 5.41 Å². The van der Waals surface area contributed by atoms with Crippen LogP contribution in [0, 0.1) is 0 Å². The van der Waals surface area contributed by atoms with E-state index >= 15 is 0 Å². The fourth-order valence-corrected chi connectivity index (χ4v) is 2.33. The molecular formula is C14H15NO. The summed E-state index contributed by atoms with van der Waals surface area (Å²) < 4.78 is 0. The molecule has 0 bridgehead atoms. The summed E-state index contributed by atoms with van der Waals surface area (Å²) in [4.78, 5) is 0. The molecule has 0 radical (unpaired) electrons. The van der Waals surface area contributed by atoms with Crippen LogP contribution in [0.3, 0.4) is 0 Å². The number of fused-ring (bicyclic) bond motifs is 1. The molecule has 0 atom stereocenters. The van der Waals surface area contributed by atoms with Crippen molar-refractivity contribution < 1.29 is 5.11 Å². The van der Waals surface area contributed by atoms with Crippen LogP contribution < -0.4 is 5.73 Å². The van der Waals surface area contributed by atoms with Gasteiger partial charge in [0.2, 0.25) is 0 Å². The van der Waals surface area contributed by atoms with Gasteiger partial charge in [-0.1, -0.05) is 24.3 Å². The molecule has 16 heavy (non-hydrogen) atoms. The lowest BCUT2D eigenvalue weighted by molar-refractivity contribution is 0.476. The number of phenols is 1. The predicted octanol–water partition coefficient (Wildman–Crippen LogP) is 2.54. The van der Waals surface area contributed by atoms with E-state index in [0.29, 0.717) is 5.75 Å². The molecule has 2 aromatic rings. The van der Waals surface area contributed by atoms with Crippen LogP contribution in [0.5, 0.6) is 5.75 Å². The average Bonchev–Trinajstić information content (AvgIpc) is 3.09. The molecule has 1 fully saturated rings. The highest BCUT2D eigenvalue weighted by Gasteiger charge is 2.42. The standard InChI is InChI=1S/C14H15NO/c15-9-14(5-6-14)12-3-1-10-2-4-13(16)8-11(10)7-12/h1-4,7-8,16H,5-6,9,15H2. The topological polar surface area (TPSA) is 46.2 Å². The van der Waals surface area contributed by atoms with Gasteiger partial charge < -0.3 is 10.8 Å². The highest BCUT2D eigenvalue weighted by molar-refractivity contribution is 5.84. The lowest BCUT2D eigenvalue weighted by Crippen LogP contribution is -2.19. The van der Waals surface area contributed by atoms with E-state index in [1.54, 1.807) is 6.07 Å². The molecule has 2 nitrogen and oxygen atoms in total. The first-order valence-corrected chi connectivity index (χ1v) is 5.67. The second-order valence-electron chi connectivity index (χ2n) is 4.73. The lowest BCUT2D eigenvalue weighted by Gasteiger charge is -2.13. The van der Waals surface area contributed by atoms with Crippen molar-refractivity contribution in [3.05, 3.63) is 42.0 Å². The molecule has 0 saturated heterocycles. The summed E-state index contributed by atoms with van der Waals surface area (Å²) >= 11 is 0. The van der Waals surface area contributed by atoms with E-state index in [4.69, 9.17) is 5.73 Å². The summed E-state index contributed by atoms with van der Waals surface area (Å²) in [5.74, 6) is 0.322. The zero-order valence-electron chi connectivity index (χ0n) is 9.11. The Hall–Kier alpha value is -1.54. The minimum Gasteiger partial charge on any atom is -0.508 e. The normalized spacial score (nSPS) is 17.6. The minimum atomic E-state index is 0.222. The number of aromatic hydroxyl groups is 1. The first-order chi connectivity index (χ1) is 7.73. The fraction of sp³-hybridized carbons (Fsp3) is 0.286. The minimum absolute atomic E-state index is 0.222. The number of hydrogen-bond acceptors (Lipinski definition) is 2. The number of phenolic OH excluding ortho intramolecular Hbond substituents is 1. The first-order valence-electron chi connectivity index (χ1n) is 5.67. The maximum absolute atomic E-state index is 9.47. The summed E-state index contributed by atoms with van der Waals surface area (Å²) in [6.07, 6.45) is 2.38. The zero-order valence-corrected chi connectivity index (χ0v) is 9.11. The van der Waals surface area contributed by atoms with Crippen molar-refractivity contribution in [1.82, 2.24) is 0 Å². The van der Waals surface area contributed by atoms with Gasteiger partial charge in [0.15, 0.2) is 0 Å². The van der Waals surface area contributed by atoms with Crippen molar-refractivity contribution in [2.45, 2.75) is 18.3 Å². The smallest absolute Gasteiger partial charge is 0.116 e. The maximum Gasteiger partial charge on any atom is 0.116 e. The van der Waals surface area contributed by atoms with Crippen LogP contribution >= 0.6 is 0 Å². The molecule has 1 saturated carbocycles. The third-order valence-corrected chi connectivity index (χ3v) is 3.68. The number of nitrogens with two attached hydrogens (primary N) is 1. The van der Waals surface area contributed by atoms with Crippen LogP contribution in [0.25, 0.3) is 10.8 Å². The predicted molar refractivity (Wildman–Crippen MR) is 65.6 cm³/mol. The van der Waals surface area contributed by atoms with Gasteiger partial charge in [0, 0.05) is 12.0 Å². The molecule has 1 aliphatic rings. The molecule has 0 aliphatic heterocycles. The van der Waals surface area contributed by atoms with Crippen molar-refractivity contribution in [3.63, 3.8) is 0 Å². The second-order valence-corrected chi connectivity index (χ2v) is 4.73. The molecular weight excluding hydrogens is 198 g/mol. The first kappa shape index (κ1) is 9.67. The SMILES string of the molecule is NCC1(c2ccc3ccc(O)cc3c2)CC1. The molecule has 2 heteroatoms. The average molecular weight is 213 g/mol. The van der Waals surface area contributed by atoms with E-state index in [1.165, 1.54) is 18.4 Å². The van der Waals surface area contributed by atoms with Crippen LogP contribution in [0.4, 0.5) is 0 Å². The van der Waals surface area contributed by atoms with E-state index in [-0.39, 0.29) is 5.41 Å². The second kappa shape index (κ2) is 3.22. The number of benzene rings is 2. The van der Waals surface area contributed by atoms with E-state index in [9.17, 15) is 5.11 Å². The van der Waals surface area contributed by atoms with Crippen LogP contribution in [0.2, 0.25) is 0 Å². The summed E-state index contributed by atoms with van der Waals surface area (Å²) in [6, 6.07) is 11.9. The Bertz CT molecular complexity index is 543. The van der Waals surface area contributed by atoms with Crippen molar-refractivity contribution in [3.8, 4) is 5.75 Å². The number of hydrogen-bond donors (Lipinski definition) is 2. The van der Waals surface area contributed by atoms with Gasteiger partial charge in [-0.25, -0.2) is 0 Å². The van der Waals surface area contributed by atoms with Gasteiger partial charge >= 0.3 is 0 Å². The van der Waals surface area contributed by atoms with Crippen LogP contribution in [0.1, 0.15) is 18.4 Å². The lowest BCUT2D eigenvalue weighted by atomic mass is 9.94. The third-order valence-electron chi connectivity index (χ3n) is 3.68. The van der Waals surface area contributed by atoms with Gasteiger partial charge in [-0.2, -0.15) is 0 Å². The Morgan fingerprint density at radius 2 is 1.81 bits per heavy atom. The number of rotatable bonds is 2. The summed E-state index contributed by atoms with van der Waals surface area (Å²) in [6.45, 7) is 0.720. The molecule has 2 aromatic carbocycles. The molecule has 0 amide bonds. The quantitative estimate of drug-likeness (QED) is 0.805. The van der Waals surface area contributed by atoms with Gasteiger partial charge in [0.1, 0.15) is 5.75 Å². The maximum atomic E-state index is 9.47. The van der Waals surface area contributed by atoms with Crippen molar-refractivity contribution in [2.24, 2.45) is 5.73 Å². The highest BCUT2D eigenvalue weighted by atomic mass is 16.3. The van der Waals surface area contributed by atoms with Gasteiger partial charge in [-0.3, -0.25) is 0 Å². The van der Waals surface area contributed by atoms with E-state index < -0.39 is 0 Å². The van der Waals surface area contributed by atoms with Crippen LogP contribution in [0.15, 0.2) is 36.4 Å². The van der Waals surface area contributed by atoms with Crippen molar-refractivity contribution in [2.75, 3.05) is 6.54 Å².